The molecule has 1 unspecified atom stereocenters. The number of morpholine rings is 1. The lowest BCUT2D eigenvalue weighted by Gasteiger charge is -2.26. The number of carbonyl (C=O) groups is 1. The summed E-state index contributed by atoms with van der Waals surface area (Å²) >= 11 is 0. The van der Waals surface area contributed by atoms with Crippen molar-refractivity contribution < 1.29 is 14.3 Å². The number of nitrogens with zero attached hydrogens (tertiary/aromatic N) is 1. The first-order valence-electron chi connectivity index (χ1n) is 8.82. The van der Waals surface area contributed by atoms with Crippen molar-refractivity contribution in [2.24, 2.45) is 0 Å². The maximum absolute atomic E-state index is 12.3. The van der Waals surface area contributed by atoms with Gasteiger partial charge in [0.1, 0.15) is 6.61 Å². The number of esters is 1. The molecule has 0 amide bonds. The van der Waals surface area contributed by atoms with Crippen molar-refractivity contribution >= 4 is 5.97 Å². The van der Waals surface area contributed by atoms with Crippen LogP contribution in [0.15, 0.2) is 54.6 Å². The first-order chi connectivity index (χ1) is 12.2. The van der Waals surface area contributed by atoms with Crippen LogP contribution in [-0.2, 0) is 27.4 Å². The second-order valence-electron chi connectivity index (χ2n) is 6.45. The predicted molar refractivity (Wildman–Crippen MR) is 97.2 cm³/mol. The highest BCUT2D eigenvalue weighted by molar-refractivity contribution is 5.77. The molecule has 4 heteroatoms. The van der Waals surface area contributed by atoms with Gasteiger partial charge < -0.3 is 9.47 Å². The van der Waals surface area contributed by atoms with E-state index in [4.69, 9.17) is 9.47 Å². The third-order valence-electron chi connectivity index (χ3n) is 4.57. The van der Waals surface area contributed by atoms with E-state index < -0.39 is 0 Å². The Morgan fingerprint density at radius 2 is 1.72 bits per heavy atom. The first kappa shape index (κ1) is 17.6. The SMILES string of the molecule is CC(C(=O)OCc1ccccc1)c1ccc(CN2CCOCC2)cc1. The van der Waals surface area contributed by atoms with Gasteiger partial charge in [-0.25, -0.2) is 0 Å². The Morgan fingerprint density at radius 3 is 2.40 bits per heavy atom. The van der Waals surface area contributed by atoms with Crippen LogP contribution in [0.3, 0.4) is 0 Å². The van der Waals surface area contributed by atoms with Gasteiger partial charge in [-0.2, -0.15) is 0 Å². The standard InChI is InChI=1S/C21H25NO3/c1-17(21(23)25-16-19-5-3-2-4-6-19)20-9-7-18(8-10-20)15-22-11-13-24-14-12-22/h2-10,17H,11-16H2,1H3. The molecule has 4 nitrogen and oxygen atoms in total. The minimum Gasteiger partial charge on any atom is -0.460 e. The highest BCUT2D eigenvalue weighted by atomic mass is 16.5. The molecule has 1 aliphatic heterocycles. The van der Waals surface area contributed by atoms with Gasteiger partial charge in [0.05, 0.1) is 19.1 Å². The van der Waals surface area contributed by atoms with E-state index in [-0.39, 0.29) is 11.9 Å². The van der Waals surface area contributed by atoms with Crippen molar-refractivity contribution in [3.05, 3.63) is 71.3 Å². The van der Waals surface area contributed by atoms with Crippen LogP contribution in [0.2, 0.25) is 0 Å². The molecule has 2 aromatic carbocycles. The monoisotopic (exact) mass is 339 g/mol. The zero-order chi connectivity index (χ0) is 17.5. The van der Waals surface area contributed by atoms with Crippen LogP contribution in [0.1, 0.15) is 29.5 Å². The molecule has 1 atom stereocenters. The Balaban J connectivity index is 1.52. The zero-order valence-corrected chi connectivity index (χ0v) is 14.7. The second kappa shape index (κ2) is 8.79. The number of rotatable bonds is 6. The Kier molecular flexibility index (Phi) is 6.20. The first-order valence-corrected chi connectivity index (χ1v) is 8.82. The minimum atomic E-state index is -0.263. The number of ether oxygens (including phenoxy) is 2. The highest BCUT2D eigenvalue weighted by Gasteiger charge is 2.17. The lowest BCUT2D eigenvalue weighted by molar-refractivity contribution is -0.146. The third kappa shape index (κ3) is 5.15. The average Bonchev–Trinajstić information content (AvgIpc) is 2.68. The molecule has 0 aliphatic carbocycles. The van der Waals surface area contributed by atoms with Crippen LogP contribution < -0.4 is 0 Å². The molecule has 0 N–H and O–H groups in total. The average molecular weight is 339 g/mol. The molecule has 25 heavy (non-hydrogen) atoms. The topological polar surface area (TPSA) is 38.8 Å². The van der Waals surface area contributed by atoms with E-state index >= 15 is 0 Å². The summed E-state index contributed by atoms with van der Waals surface area (Å²) in [4.78, 5) is 14.7. The van der Waals surface area contributed by atoms with Gasteiger partial charge in [0.25, 0.3) is 0 Å². The summed E-state index contributed by atoms with van der Waals surface area (Å²) in [6.07, 6.45) is 0. The molecule has 2 aromatic rings. The minimum absolute atomic E-state index is 0.190. The van der Waals surface area contributed by atoms with E-state index in [1.165, 1.54) is 5.56 Å². The van der Waals surface area contributed by atoms with Crippen molar-refractivity contribution in [3.8, 4) is 0 Å². The molecular weight excluding hydrogens is 314 g/mol. The quantitative estimate of drug-likeness (QED) is 0.757. The fraction of sp³-hybridized carbons (Fsp3) is 0.381. The molecule has 0 aromatic heterocycles. The van der Waals surface area contributed by atoms with E-state index in [0.717, 1.165) is 44.0 Å². The van der Waals surface area contributed by atoms with Crippen LogP contribution in [0.25, 0.3) is 0 Å². The number of hydrogen-bond donors (Lipinski definition) is 0. The lowest BCUT2D eigenvalue weighted by atomic mass is 10.00. The lowest BCUT2D eigenvalue weighted by Crippen LogP contribution is -2.35. The van der Waals surface area contributed by atoms with Gasteiger partial charge in [-0.05, 0) is 23.6 Å². The Hall–Kier alpha value is -2.17. The van der Waals surface area contributed by atoms with E-state index in [1.54, 1.807) is 0 Å². The molecule has 3 rings (SSSR count). The number of carbonyl (C=O) groups excluding carboxylic acids is 1. The van der Waals surface area contributed by atoms with Crippen LogP contribution in [0, 0.1) is 0 Å². The summed E-state index contributed by atoms with van der Waals surface area (Å²) in [6, 6.07) is 18.0. The van der Waals surface area contributed by atoms with Gasteiger partial charge in [-0.3, -0.25) is 9.69 Å². The van der Waals surface area contributed by atoms with Gasteiger partial charge in [0.2, 0.25) is 0 Å². The molecule has 1 saturated heterocycles. The van der Waals surface area contributed by atoms with Gasteiger partial charge >= 0.3 is 5.97 Å². The van der Waals surface area contributed by atoms with Gasteiger partial charge in [-0.1, -0.05) is 54.6 Å². The molecule has 0 saturated carbocycles. The maximum atomic E-state index is 12.3. The van der Waals surface area contributed by atoms with Gasteiger partial charge in [-0.15, -0.1) is 0 Å². The summed E-state index contributed by atoms with van der Waals surface area (Å²) in [5.74, 6) is -0.453. The molecule has 132 valence electrons. The molecule has 1 aliphatic rings. The van der Waals surface area contributed by atoms with Crippen LogP contribution in [0.4, 0.5) is 0 Å². The summed E-state index contributed by atoms with van der Waals surface area (Å²) in [6.45, 7) is 6.71. The zero-order valence-electron chi connectivity index (χ0n) is 14.7. The van der Waals surface area contributed by atoms with Crippen molar-refractivity contribution in [2.75, 3.05) is 26.3 Å². The molecule has 0 radical (unpaired) electrons. The van der Waals surface area contributed by atoms with E-state index in [1.807, 2.05) is 49.4 Å². The maximum Gasteiger partial charge on any atom is 0.313 e. The highest BCUT2D eigenvalue weighted by Crippen LogP contribution is 2.19. The second-order valence-corrected chi connectivity index (χ2v) is 6.45. The van der Waals surface area contributed by atoms with E-state index in [9.17, 15) is 4.79 Å². The number of benzene rings is 2. The van der Waals surface area contributed by atoms with Crippen molar-refractivity contribution in [1.29, 1.82) is 0 Å². The fourth-order valence-corrected chi connectivity index (χ4v) is 2.92. The molecule has 1 heterocycles. The summed E-state index contributed by atoms with van der Waals surface area (Å²) in [7, 11) is 0. The molecular formula is C21H25NO3. The summed E-state index contributed by atoms with van der Waals surface area (Å²) < 4.78 is 10.8. The fourth-order valence-electron chi connectivity index (χ4n) is 2.92. The molecule has 1 fully saturated rings. The predicted octanol–water partition coefficient (Wildman–Crippen LogP) is 3.37. The summed E-state index contributed by atoms with van der Waals surface area (Å²) in [5.41, 5.74) is 3.25. The van der Waals surface area contributed by atoms with Crippen molar-refractivity contribution in [3.63, 3.8) is 0 Å². The third-order valence-corrected chi connectivity index (χ3v) is 4.57. The smallest absolute Gasteiger partial charge is 0.313 e. The molecule has 0 spiro atoms. The van der Waals surface area contributed by atoms with Crippen molar-refractivity contribution in [1.82, 2.24) is 4.90 Å². The summed E-state index contributed by atoms with van der Waals surface area (Å²) in [5, 5.41) is 0. The van der Waals surface area contributed by atoms with Crippen LogP contribution in [-0.4, -0.2) is 37.2 Å². The van der Waals surface area contributed by atoms with Gasteiger partial charge in [0.15, 0.2) is 0 Å². The normalized spacial score (nSPS) is 16.4. The number of hydrogen-bond acceptors (Lipinski definition) is 4. The largest absolute Gasteiger partial charge is 0.460 e. The van der Waals surface area contributed by atoms with Crippen LogP contribution >= 0.6 is 0 Å². The van der Waals surface area contributed by atoms with Crippen molar-refractivity contribution in [2.45, 2.75) is 26.0 Å². The van der Waals surface area contributed by atoms with E-state index in [0.29, 0.717) is 6.61 Å². The van der Waals surface area contributed by atoms with Crippen LogP contribution in [0.5, 0.6) is 0 Å². The Bertz CT molecular complexity index is 663. The van der Waals surface area contributed by atoms with Gasteiger partial charge in [0, 0.05) is 19.6 Å². The Morgan fingerprint density at radius 1 is 1.04 bits per heavy atom. The van der Waals surface area contributed by atoms with E-state index in [2.05, 4.69) is 17.0 Å². The Labute approximate surface area is 149 Å². The molecule has 0 bridgehead atoms.